The third kappa shape index (κ3) is 4.78. The van der Waals surface area contributed by atoms with Gasteiger partial charge in [0.05, 0.1) is 0 Å². The van der Waals surface area contributed by atoms with E-state index in [-0.39, 0.29) is 0 Å². The van der Waals surface area contributed by atoms with E-state index in [1.54, 1.807) is 0 Å². The summed E-state index contributed by atoms with van der Waals surface area (Å²) in [5.41, 5.74) is 6.20. The molecule has 3 atom stereocenters. The van der Waals surface area contributed by atoms with Crippen LogP contribution in [-0.4, -0.2) is 17.0 Å². The first-order valence-electron chi connectivity index (χ1n) is 6.65. The highest BCUT2D eigenvalue weighted by atomic mass is 32.2. The van der Waals surface area contributed by atoms with E-state index in [1.807, 2.05) is 0 Å². The Balaban J connectivity index is 2.26. The second-order valence-electron chi connectivity index (χ2n) is 4.89. The van der Waals surface area contributed by atoms with Gasteiger partial charge in [-0.2, -0.15) is 11.8 Å². The van der Waals surface area contributed by atoms with Crippen LogP contribution in [0.4, 0.5) is 0 Å². The van der Waals surface area contributed by atoms with Gasteiger partial charge in [0.15, 0.2) is 0 Å². The molecule has 1 fully saturated rings. The molecular formula is C13H27NS. The summed E-state index contributed by atoms with van der Waals surface area (Å²) in [5, 5.41) is 0.752. The van der Waals surface area contributed by atoms with E-state index in [0.717, 1.165) is 11.2 Å². The van der Waals surface area contributed by atoms with Crippen molar-refractivity contribution >= 4 is 11.8 Å². The summed E-state index contributed by atoms with van der Waals surface area (Å²) in [6.45, 7) is 4.56. The number of thioether (sulfide) groups is 1. The van der Waals surface area contributed by atoms with E-state index in [1.165, 1.54) is 50.7 Å². The van der Waals surface area contributed by atoms with Crippen LogP contribution < -0.4 is 5.73 Å². The highest BCUT2D eigenvalue weighted by Gasteiger charge is 2.27. The van der Waals surface area contributed by atoms with Crippen molar-refractivity contribution in [1.29, 1.82) is 0 Å². The molecule has 90 valence electrons. The monoisotopic (exact) mass is 229 g/mol. The molecule has 15 heavy (non-hydrogen) atoms. The van der Waals surface area contributed by atoms with Crippen LogP contribution >= 0.6 is 11.8 Å². The minimum atomic E-state index is 0.472. The molecule has 0 aromatic rings. The molecule has 0 radical (unpaired) electrons. The maximum Gasteiger partial charge on any atom is 0.0201 e. The minimum Gasteiger partial charge on any atom is -0.327 e. The average molecular weight is 229 g/mol. The molecule has 1 rings (SSSR count). The fourth-order valence-corrected chi connectivity index (χ4v) is 4.03. The molecular weight excluding hydrogens is 202 g/mol. The van der Waals surface area contributed by atoms with E-state index in [2.05, 4.69) is 25.6 Å². The normalized spacial score (nSPS) is 31.8. The summed E-state index contributed by atoms with van der Waals surface area (Å²) >= 11 is 2.13. The molecule has 1 saturated carbocycles. The zero-order valence-corrected chi connectivity index (χ0v) is 11.2. The molecule has 0 amide bonds. The Morgan fingerprint density at radius 3 is 2.67 bits per heavy atom. The Morgan fingerprint density at radius 1 is 1.20 bits per heavy atom. The highest BCUT2D eigenvalue weighted by molar-refractivity contribution is 7.99. The first-order chi connectivity index (χ1) is 7.27. The van der Waals surface area contributed by atoms with E-state index < -0.39 is 0 Å². The number of hydrogen-bond acceptors (Lipinski definition) is 2. The largest absolute Gasteiger partial charge is 0.327 e. The maximum atomic E-state index is 6.20. The molecule has 1 nitrogen and oxygen atoms in total. The summed E-state index contributed by atoms with van der Waals surface area (Å²) in [4.78, 5) is 0. The Labute approximate surface area is 99.6 Å². The van der Waals surface area contributed by atoms with Crippen molar-refractivity contribution in [3.63, 3.8) is 0 Å². The predicted octanol–water partition coefficient (Wildman–Crippen LogP) is 3.82. The fraction of sp³-hybridized carbons (Fsp3) is 1.00. The molecule has 1 aliphatic rings. The second kappa shape index (κ2) is 7.56. The smallest absolute Gasteiger partial charge is 0.0201 e. The Bertz CT molecular complexity index is 161. The lowest BCUT2D eigenvalue weighted by Crippen LogP contribution is -2.38. The molecule has 0 saturated heterocycles. The molecule has 0 aromatic heterocycles. The summed E-state index contributed by atoms with van der Waals surface area (Å²) in [6.07, 6.45) is 9.43. The third-order valence-corrected chi connectivity index (χ3v) is 4.97. The van der Waals surface area contributed by atoms with Crippen LogP contribution in [0.1, 0.15) is 58.8 Å². The molecule has 0 aromatic carbocycles. The first kappa shape index (κ1) is 13.4. The van der Waals surface area contributed by atoms with Gasteiger partial charge in [0, 0.05) is 11.3 Å². The van der Waals surface area contributed by atoms with Crippen LogP contribution in [0.25, 0.3) is 0 Å². The van der Waals surface area contributed by atoms with Gasteiger partial charge in [0.2, 0.25) is 0 Å². The lowest BCUT2D eigenvalue weighted by atomic mass is 9.83. The standard InChI is InChI=1S/C13H27NS/c1-3-5-9-15-13-10-11(6-4-2)7-8-12(13)14/h11-13H,3-10,14H2,1-2H3. The van der Waals surface area contributed by atoms with Gasteiger partial charge >= 0.3 is 0 Å². The highest BCUT2D eigenvalue weighted by Crippen LogP contribution is 2.34. The van der Waals surface area contributed by atoms with E-state index in [9.17, 15) is 0 Å². The molecule has 0 bridgehead atoms. The molecule has 0 heterocycles. The fourth-order valence-electron chi connectivity index (χ4n) is 2.48. The van der Waals surface area contributed by atoms with Crippen LogP contribution in [0, 0.1) is 5.92 Å². The van der Waals surface area contributed by atoms with Crippen LogP contribution in [0.5, 0.6) is 0 Å². The summed E-state index contributed by atoms with van der Waals surface area (Å²) < 4.78 is 0. The van der Waals surface area contributed by atoms with Gasteiger partial charge < -0.3 is 5.73 Å². The summed E-state index contributed by atoms with van der Waals surface area (Å²) in [6, 6.07) is 0.472. The van der Waals surface area contributed by atoms with Crippen LogP contribution in [0.3, 0.4) is 0 Å². The lowest BCUT2D eigenvalue weighted by Gasteiger charge is -2.33. The molecule has 0 aliphatic heterocycles. The van der Waals surface area contributed by atoms with E-state index in [4.69, 9.17) is 5.73 Å². The first-order valence-corrected chi connectivity index (χ1v) is 7.70. The number of nitrogens with two attached hydrogens (primary N) is 1. The van der Waals surface area contributed by atoms with Gasteiger partial charge in [-0.05, 0) is 37.4 Å². The zero-order valence-electron chi connectivity index (χ0n) is 10.4. The minimum absolute atomic E-state index is 0.472. The predicted molar refractivity (Wildman–Crippen MR) is 71.4 cm³/mol. The second-order valence-corrected chi connectivity index (χ2v) is 6.24. The molecule has 2 heteroatoms. The van der Waals surface area contributed by atoms with Gasteiger partial charge in [-0.3, -0.25) is 0 Å². The molecule has 3 unspecified atom stereocenters. The van der Waals surface area contributed by atoms with Gasteiger partial charge in [-0.1, -0.05) is 33.1 Å². The van der Waals surface area contributed by atoms with Crippen molar-refractivity contribution in [2.24, 2.45) is 11.7 Å². The van der Waals surface area contributed by atoms with Crippen molar-refractivity contribution in [2.75, 3.05) is 5.75 Å². The SMILES string of the molecule is CCCCSC1CC(CCC)CCC1N. The van der Waals surface area contributed by atoms with E-state index >= 15 is 0 Å². The average Bonchev–Trinajstić information content (AvgIpc) is 2.23. The number of rotatable bonds is 6. The van der Waals surface area contributed by atoms with Crippen LogP contribution in [0.2, 0.25) is 0 Å². The topological polar surface area (TPSA) is 26.0 Å². The quantitative estimate of drug-likeness (QED) is 0.701. The van der Waals surface area contributed by atoms with Crippen molar-refractivity contribution in [3.8, 4) is 0 Å². The molecule has 0 spiro atoms. The lowest BCUT2D eigenvalue weighted by molar-refractivity contribution is 0.317. The van der Waals surface area contributed by atoms with Gasteiger partial charge in [-0.25, -0.2) is 0 Å². The third-order valence-electron chi connectivity index (χ3n) is 3.48. The van der Waals surface area contributed by atoms with Crippen molar-refractivity contribution in [2.45, 2.75) is 70.1 Å². The van der Waals surface area contributed by atoms with Crippen molar-refractivity contribution in [1.82, 2.24) is 0 Å². The summed E-state index contributed by atoms with van der Waals surface area (Å²) in [7, 11) is 0. The number of hydrogen-bond donors (Lipinski definition) is 1. The van der Waals surface area contributed by atoms with E-state index in [0.29, 0.717) is 6.04 Å². The number of unbranched alkanes of at least 4 members (excludes halogenated alkanes) is 1. The zero-order chi connectivity index (χ0) is 11.1. The Kier molecular flexibility index (Phi) is 6.74. The van der Waals surface area contributed by atoms with Gasteiger partial charge in [0.25, 0.3) is 0 Å². The maximum absolute atomic E-state index is 6.20. The van der Waals surface area contributed by atoms with Crippen LogP contribution in [0.15, 0.2) is 0 Å². The van der Waals surface area contributed by atoms with Crippen molar-refractivity contribution in [3.05, 3.63) is 0 Å². The van der Waals surface area contributed by atoms with Gasteiger partial charge in [-0.15, -0.1) is 0 Å². The van der Waals surface area contributed by atoms with Crippen molar-refractivity contribution < 1.29 is 0 Å². The Hall–Kier alpha value is 0.310. The molecule has 2 N–H and O–H groups in total. The van der Waals surface area contributed by atoms with Crippen LogP contribution in [-0.2, 0) is 0 Å². The Morgan fingerprint density at radius 2 is 2.00 bits per heavy atom. The molecule has 1 aliphatic carbocycles. The van der Waals surface area contributed by atoms with Gasteiger partial charge in [0.1, 0.15) is 0 Å². The summed E-state index contributed by atoms with van der Waals surface area (Å²) in [5.74, 6) is 2.28.